The van der Waals surface area contributed by atoms with Crippen LogP contribution in [-0.4, -0.2) is 40.7 Å². The summed E-state index contributed by atoms with van der Waals surface area (Å²) in [6.45, 7) is 8.84. The van der Waals surface area contributed by atoms with E-state index in [1.54, 1.807) is 38.1 Å². The average Bonchev–Trinajstić information content (AvgIpc) is 2.91. The zero-order chi connectivity index (χ0) is 31.2. The molecule has 0 fully saturated rings. The molecule has 3 aromatic rings. The Hall–Kier alpha value is -4.61. The maximum Gasteiger partial charge on any atom is 0.421 e. The maximum absolute atomic E-state index is 13.9. The summed E-state index contributed by atoms with van der Waals surface area (Å²) in [5.41, 5.74) is -0.207. The molecule has 9 nitrogen and oxygen atoms in total. The van der Waals surface area contributed by atoms with Crippen molar-refractivity contribution in [3.63, 3.8) is 0 Å². The molecule has 224 valence electrons. The number of benzene rings is 2. The summed E-state index contributed by atoms with van der Waals surface area (Å²) in [4.78, 5) is 42.4. The number of carbonyl (C=O) groups excluding carboxylic acids is 2. The minimum absolute atomic E-state index is 0.0416. The normalized spacial score (nSPS) is 11.4. The van der Waals surface area contributed by atoms with Crippen LogP contribution in [0.25, 0.3) is 0 Å². The molecule has 12 heteroatoms. The number of amides is 2. The Labute approximate surface area is 241 Å². The summed E-state index contributed by atoms with van der Waals surface area (Å²) in [5.74, 6) is -2.81. The molecule has 0 unspecified atom stereocenters. The minimum atomic E-state index is -4.87. The second-order valence-electron chi connectivity index (χ2n) is 10.3. The molecule has 0 aliphatic heterocycles. The molecule has 0 saturated carbocycles. The lowest BCUT2D eigenvalue weighted by Gasteiger charge is -2.28. The first-order valence-corrected chi connectivity index (χ1v) is 13.1. The number of hydrogen-bond donors (Lipinski definition) is 2. The molecule has 0 radical (unpaired) electrons. The molecule has 0 bridgehead atoms. The molecule has 3 rings (SSSR count). The largest absolute Gasteiger partial charge is 0.478 e. The third-order valence-electron chi connectivity index (χ3n) is 5.90. The van der Waals surface area contributed by atoms with E-state index in [1.807, 2.05) is 20.8 Å². The Morgan fingerprint density at radius 3 is 2.26 bits per heavy atom. The summed E-state index contributed by atoms with van der Waals surface area (Å²) in [6.07, 6.45) is -4.56. The summed E-state index contributed by atoms with van der Waals surface area (Å²) in [5, 5.41) is 12.3. The Morgan fingerprint density at radius 1 is 1.02 bits per heavy atom. The van der Waals surface area contributed by atoms with E-state index in [0.29, 0.717) is 5.56 Å². The molecule has 1 aromatic heterocycles. The van der Waals surface area contributed by atoms with Gasteiger partial charge in [-0.05, 0) is 68.7 Å². The predicted octanol–water partition coefficient (Wildman–Crippen LogP) is 6.84. The van der Waals surface area contributed by atoms with Crippen molar-refractivity contribution in [2.24, 2.45) is 5.92 Å². The number of alkyl halides is 3. The highest BCUT2D eigenvalue weighted by molar-refractivity contribution is 6.09. The highest BCUT2D eigenvalue weighted by atomic mass is 19.4. The van der Waals surface area contributed by atoms with Gasteiger partial charge < -0.3 is 24.8 Å². The first kappa shape index (κ1) is 31.9. The van der Waals surface area contributed by atoms with Crippen molar-refractivity contribution in [1.82, 2.24) is 10.3 Å². The van der Waals surface area contributed by atoms with Crippen LogP contribution < -0.4 is 15.0 Å². The summed E-state index contributed by atoms with van der Waals surface area (Å²) >= 11 is 0. The van der Waals surface area contributed by atoms with Crippen LogP contribution in [0.3, 0.4) is 0 Å². The number of aromatic nitrogens is 1. The number of carboxylic acid groups (broad SMARTS) is 1. The van der Waals surface area contributed by atoms with Crippen LogP contribution in [0.5, 0.6) is 11.6 Å². The van der Waals surface area contributed by atoms with E-state index in [0.717, 1.165) is 23.9 Å². The lowest BCUT2D eigenvalue weighted by molar-refractivity contribution is -0.138. The van der Waals surface area contributed by atoms with E-state index in [2.05, 4.69) is 10.3 Å². The number of nitrogens with zero attached hydrogens (tertiary/aromatic N) is 2. The standard InChI is InChI=1S/C30H32F3N3O6/c1-17(2)16-41-29(40)35-15-20-12-24(30(31,32)33)26(34-14-20)42-22-10-11-25(23(13-22)28(38)39)36(18(3)4)27(37)21-8-6-19(5)7-9-21/h6-14,17-18H,15-16H2,1-5H3,(H,35,40)(H,38,39). The molecule has 0 atom stereocenters. The average molecular weight is 588 g/mol. The maximum atomic E-state index is 13.9. The minimum Gasteiger partial charge on any atom is -0.478 e. The number of aryl methyl sites for hydroxylation is 1. The number of pyridine rings is 1. The van der Waals surface area contributed by atoms with Crippen LogP contribution in [0.15, 0.2) is 54.7 Å². The number of nitrogens with one attached hydrogen (secondary N) is 1. The van der Waals surface area contributed by atoms with E-state index in [4.69, 9.17) is 9.47 Å². The fraction of sp³-hybridized carbons (Fsp3) is 0.333. The number of carbonyl (C=O) groups is 3. The van der Waals surface area contributed by atoms with Gasteiger partial charge in [0.15, 0.2) is 0 Å². The van der Waals surface area contributed by atoms with Crippen LogP contribution in [0.1, 0.15) is 65.1 Å². The first-order chi connectivity index (χ1) is 19.7. The number of alkyl carbamates (subject to hydrolysis) is 1. The van der Waals surface area contributed by atoms with Gasteiger partial charge in [-0.25, -0.2) is 14.6 Å². The van der Waals surface area contributed by atoms with Gasteiger partial charge in [0.2, 0.25) is 5.88 Å². The van der Waals surface area contributed by atoms with Gasteiger partial charge in [-0.15, -0.1) is 0 Å². The number of ether oxygens (including phenoxy) is 2. The topological polar surface area (TPSA) is 118 Å². The van der Waals surface area contributed by atoms with Crippen LogP contribution in [-0.2, 0) is 17.5 Å². The number of aromatic carboxylic acids is 1. The lowest BCUT2D eigenvalue weighted by atomic mass is 10.1. The Kier molecular flexibility index (Phi) is 10.2. The zero-order valence-corrected chi connectivity index (χ0v) is 23.8. The van der Waals surface area contributed by atoms with Crippen LogP contribution >= 0.6 is 0 Å². The molecule has 2 aromatic carbocycles. The first-order valence-electron chi connectivity index (χ1n) is 13.1. The molecular weight excluding hydrogens is 555 g/mol. The van der Waals surface area contributed by atoms with Gasteiger partial charge in [0.05, 0.1) is 17.9 Å². The lowest BCUT2D eigenvalue weighted by Crippen LogP contribution is -2.38. The van der Waals surface area contributed by atoms with Gasteiger partial charge >= 0.3 is 18.2 Å². The van der Waals surface area contributed by atoms with Crippen molar-refractivity contribution in [3.05, 3.63) is 82.5 Å². The molecule has 2 N–H and O–H groups in total. The van der Waals surface area contributed by atoms with E-state index in [-0.39, 0.29) is 41.6 Å². The molecular formula is C30H32F3N3O6. The van der Waals surface area contributed by atoms with Crippen molar-refractivity contribution < 1.29 is 42.1 Å². The van der Waals surface area contributed by atoms with E-state index < -0.39 is 41.6 Å². The smallest absolute Gasteiger partial charge is 0.421 e. The molecule has 0 aliphatic carbocycles. The van der Waals surface area contributed by atoms with Gasteiger partial charge in [0, 0.05) is 24.3 Å². The highest BCUT2D eigenvalue weighted by Gasteiger charge is 2.36. The van der Waals surface area contributed by atoms with Crippen molar-refractivity contribution in [2.45, 2.75) is 53.4 Å². The van der Waals surface area contributed by atoms with Crippen LogP contribution in [0.2, 0.25) is 0 Å². The Bertz CT molecular complexity index is 1440. The van der Waals surface area contributed by atoms with Gasteiger partial charge in [0.25, 0.3) is 5.91 Å². The van der Waals surface area contributed by atoms with Crippen molar-refractivity contribution >= 4 is 23.7 Å². The van der Waals surface area contributed by atoms with E-state index in [9.17, 15) is 32.7 Å². The van der Waals surface area contributed by atoms with Crippen molar-refractivity contribution in [3.8, 4) is 11.6 Å². The highest BCUT2D eigenvalue weighted by Crippen LogP contribution is 2.38. The second-order valence-corrected chi connectivity index (χ2v) is 10.3. The van der Waals surface area contributed by atoms with Gasteiger partial charge in [-0.3, -0.25) is 4.79 Å². The van der Waals surface area contributed by atoms with Gasteiger partial charge in [-0.1, -0.05) is 31.5 Å². The van der Waals surface area contributed by atoms with E-state index >= 15 is 0 Å². The molecule has 0 aliphatic rings. The number of rotatable bonds is 10. The summed E-state index contributed by atoms with van der Waals surface area (Å²) < 4.78 is 52.1. The third-order valence-corrected chi connectivity index (χ3v) is 5.90. The van der Waals surface area contributed by atoms with Crippen molar-refractivity contribution in [2.75, 3.05) is 11.5 Å². The molecule has 0 spiro atoms. The molecule has 1 heterocycles. The van der Waals surface area contributed by atoms with E-state index in [1.165, 1.54) is 17.0 Å². The zero-order valence-electron chi connectivity index (χ0n) is 23.8. The van der Waals surface area contributed by atoms with Crippen molar-refractivity contribution in [1.29, 1.82) is 0 Å². The number of halogens is 3. The molecule has 0 saturated heterocycles. The fourth-order valence-electron chi connectivity index (χ4n) is 3.87. The van der Waals surface area contributed by atoms with Crippen LogP contribution in [0, 0.1) is 12.8 Å². The van der Waals surface area contributed by atoms with Gasteiger partial charge in [-0.2, -0.15) is 13.2 Å². The monoisotopic (exact) mass is 587 g/mol. The number of hydrogen-bond acceptors (Lipinski definition) is 6. The van der Waals surface area contributed by atoms with Crippen LogP contribution in [0.4, 0.5) is 23.7 Å². The third kappa shape index (κ3) is 8.21. The molecule has 42 heavy (non-hydrogen) atoms. The fourth-order valence-corrected chi connectivity index (χ4v) is 3.87. The molecule has 2 amide bonds. The van der Waals surface area contributed by atoms with Gasteiger partial charge in [0.1, 0.15) is 11.3 Å². The SMILES string of the molecule is Cc1ccc(C(=O)N(c2ccc(Oc3ncc(CNC(=O)OCC(C)C)cc3C(F)(F)F)cc2C(=O)O)C(C)C)cc1. The second kappa shape index (κ2) is 13.4. The summed E-state index contributed by atoms with van der Waals surface area (Å²) in [7, 11) is 0. The Balaban J connectivity index is 1.91. The predicted molar refractivity (Wildman–Crippen MR) is 149 cm³/mol. The Morgan fingerprint density at radius 2 is 1.69 bits per heavy atom. The number of anilines is 1. The number of carboxylic acids is 1. The summed E-state index contributed by atoms with van der Waals surface area (Å²) in [6, 6.07) is 10.7. The quantitative estimate of drug-likeness (QED) is 0.267.